The lowest BCUT2D eigenvalue weighted by Gasteiger charge is -2.49. The Morgan fingerprint density at radius 3 is 2.40 bits per heavy atom. The summed E-state index contributed by atoms with van der Waals surface area (Å²) >= 11 is 2.37. The molecule has 1 aliphatic rings. The molecule has 1 fully saturated rings. The molecule has 20 heavy (non-hydrogen) atoms. The van der Waals surface area contributed by atoms with Gasteiger partial charge in [0.05, 0.1) is 0 Å². The molecule has 1 aliphatic heterocycles. The molecule has 112 valence electrons. The lowest BCUT2D eigenvalue weighted by Crippen LogP contribution is -2.63. The van der Waals surface area contributed by atoms with E-state index < -0.39 is 0 Å². The van der Waals surface area contributed by atoms with Gasteiger partial charge in [-0.05, 0) is 59.5 Å². The van der Waals surface area contributed by atoms with Crippen LogP contribution in [0.25, 0.3) is 0 Å². The van der Waals surface area contributed by atoms with E-state index in [1.165, 1.54) is 34.9 Å². The first-order valence-corrected chi connectivity index (χ1v) is 8.94. The number of halogens is 1. The smallest absolute Gasteiger partial charge is 0.0333 e. The largest absolute Gasteiger partial charge is 0.311 e. The minimum absolute atomic E-state index is 0.328. The monoisotopic (exact) mass is 386 g/mol. The number of piperazine rings is 1. The van der Waals surface area contributed by atoms with Crippen molar-refractivity contribution in [2.24, 2.45) is 0 Å². The zero-order valence-corrected chi connectivity index (χ0v) is 15.1. The third kappa shape index (κ3) is 3.55. The summed E-state index contributed by atoms with van der Waals surface area (Å²) < 4.78 is 1.32. The second-order valence-corrected chi connectivity index (χ2v) is 7.17. The Morgan fingerprint density at radius 2 is 1.85 bits per heavy atom. The lowest BCUT2D eigenvalue weighted by molar-refractivity contribution is 0.0238. The van der Waals surface area contributed by atoms with E-state index in [9.17, 15) is 0 Å². The van der Waals surface area contributed by atoms with Crippen molar-refractivity contribution in [1.29, 1.82) is 0 Å². The van der Waals surface area contributed by atoms with Gasteiger partial charge in [-0.25, -0.2) is 0 Å². The van der Waals surface area contributed by atoms with Gasteiger partial charge in [-0.2, -0.15) is 0 Å². The van der Waals surface area contributed by atoms with E-state index in [2.05, 4.69) is 77.8 Å². The van der Waals surface area contributed by atoms with E-state index in [4.69, 9.17) is 0 Å². The lowest BCUT2D eigenvalue weighted by atomic mass is 9.86. The molecule has 0 amide bonds. The molecule has 1 heterocycles. The topological polar surface area (TPSA) is 15.3 Å². The highest BCUT2D eigenvalue weighted by molar-refractivity contribution is 14.1. The van der Waals surface area contributed by atoms with Crippen LogP contribution in [-0.2, 0) is 6.54 Å². The highest BCUT2D eigenvalue weighted by Crippen LogP contribution is 2.29. The van der Waals surface area contributed by atoms with Gasteiger partial charge in [0.25, 0.3) is 0 Å². The predicted molar refractivity (Wildman–Crippen MR) is 95.0 cm³/mol. The maximum Gasteiger partial charge on any atom is 0.0333 e. The number of hydrogen-bond acceptors (Lipinski definition) is 2. The average Bonchev–Trinajstić information content (AvgIpc) is 2.49. The molecule has 1 atom stereocenters. The van der Waals surface area contributed by atoms with Gasteiger partial charge in [0.1, 0.15) is 0 Å². The van der Waals surface area contributed by atoms with Gasteiger partial charge in [0, 0.05) is 34.8 Å². The van der Waals surface area contributed by atoms with Crippen LogP contribution in [-0.4, -0.2) is 29.6 Å². The van der Waals surface area contributed by atoms with E-state index in [0.717, 1.165) is 13.1 Å². The maximum absolute atomic E-state index is 3.74. The molecule has 1 aromatic carbocycles. The van der Waals surface area contributed by atoms with Gasteiger partial charge in [0.15, 0.2) is 0 Å². The van der Waals surface area contributed by atoms with E-state index in [-0.39, 0.29) is 0 Å². The molecule has 1 saturated heterocycles. The molecule has 2 nitrogen and oxygen atoms in total. The summed E-state index contributed by atoms with van der Waals surface area (Å²) in [5.74, 6) is 0. The molecule has 0 saturated carbocycles. The Morgan fingerprint density at radius 1 is 1.20 bits per heavy atom. The molecule has 2 rings (SSSR count). The Kier molecular flexibility index (Phi) is 5.87. The zero-order valence-electron chi connectivity index (χ0n) is 13.0. The van der Waals surface area contributed by atoms with Crippen molar-refractivity contribution in [3.05, 3.63) is 33.4 Å². The Labute approximate surface area is 137 Å². The summed E-state index contributed by atoms with van der Waals surface area (Å²) in [5, 5.41) is 3.74. The van der Waals surface area contributed by atoms with Crippen LogP contribution in [0.3, 0.4) is 0 Å². The van der Waals surface area contributed by atoms with Crippen LogP contribution >= 0.6 is 22.6 Å². The van der Waals surface area contributed by atoms with Crippen molar-refractivity contribution >= 4 is 22.6 Å². The molecule has 1 N–H and O–H groups in total. The van der Waals surface area contributed by atoms with Gasteiger partial charge < -0.3 is 5.32 Å². The summed E-state index contributed by atoms with van der Waals surface area (Å²) in [7, 11) is 0. The number of hydrogen-bond donors (Lipinski definition) is 1. The maximum atomic E-state index is 3.74. The Balaban J connectivity index is 2.16. The number of nitrogens with one attached hydrogen (secondary N) is 1. The van der Waals surface area contributed by atoms with Crippen LogP contribution in [0.1, 0.15) is 45.6 Å². The first-order chi connectivity index (χ1) is 9.63. The van der Waals surface area contributed by atoms with E-state index in [0.29, 0.717) is 11.6 Å². The number of rotatable bonds is 5. The molecule has 3 heteroatoms. The normalized spacial score (nSPS) is 22.9. The van der Waals surface area contributed by atoms with E-state index in [1.807, 2.05) is 0 Å². The first kappa shape index (κ1) is 16.2. The second-order valence-electron chi connectivity index (χ2n) is 5.92. The SMILES string of the molecule is CCC1CN(Cc2ccc(I)cc2)C(CC)(CC)CN1. The quantitative estimate of drug-likeness (QED) is 0.769. The fourth-order valence-electron chi connectivity index (χ4n) is 3.23. The standard InChI is InChI=1S/C17H27IN2/c1-4-16-12-20(17(5-2,6-3)13-19-16)11-14-7-9-15(18)10-8-14/h7-10,16,19H,4-6,11-13H2,1-3H3. The minimum atomic E-state index is 0.328. The van der Waals surface area contributed by atoms with Crippen LogP contribution < -0.4 is 5.32 Å². The molecule has 0 aliphatic carbocycles. The van der Waals surface area contributed by atoms with E-state index in [1.54, 1.807) is 0 Å². The molecule has 0 bridgehead atoms. The molecule has 1 unspecified atom stereocenters. The van der Waals surface area contributed by atoms with Crippen LogP contribution in [0.4, 0.5) is 0 Å². The molecule has 0 spiro atoms. The summed E-state index contributed by atoms with van der Waals surface area (Å²) in [5.41, 5.74) is 1.77. The minimum Gasteiger partial charge on any atom is -0.311 e. The molecular formula is C17H27IN2. The number of benzene rings is 1. The van der Waals surface area contributed by atoms with E-state index >= 15 is 0 Å². The Hall–Kier alpha value is -0.130. The fraction of sp³-hybridized carbons (Fsp3) is 0.647. The third-order valence-electron chi connectivity index (χ3n) is 4.93. The zero-order chi connectivity index (χ0) is 14.6. The highest BCUT2D eigenvalue weighted by atomic mass is 127. The summed E-state index contributed by atoms with van der Waals surface area (Å²) in [6.45, 7) is 10.3. The molecule has 0 aromatic heterocycles. The molecular weight excluding hydrogens is 359 g/mol. The van der Waals surface area contributed by atoms with Gasteiger partial charge in [0.2, 0.25) is 0 Å². The van der Waals surface area contributed by atoms with Gasteiger partial charge in [-0.1, -0.05) is 32.9 Å². The van der Waals surface area contributed by atoms with Crippen LogP contribution in [0.5, 0.6) is 0 Å². The number of nitrogens with zero attached hydrogens (tertiary/aromatic N) is 1. The average molecular weight is 386 g/mol. The van der Waals surface area contributed by atoms with Crippen molar-refractivity contribution in [1.82, 2.24) is 10.2 Å². The highest BCUT2D eigenvalue weighted by Gasteiger charge is 2.38. The second kappa shape index (κ2) is 7.23. The summed E-state index contributed by atoms with van der Waals surface area (Å²) in [6.07, 6.45) is 3.65. The van der Waals surface area contributed by atoms with Crippen molar-refractivity contribution in [3.8, 4) is 0 Å². The van der Waals surface area contributed by atoms with Gasteiger partial charge in [-0.3, -0.25) is 4.90 Å². The van der Waals surface area contributed by atoms with Crippen LogP contribution in [0.15, 0.2) is 24.3 Å². The first-order valence-electron chi connectivity index (χ1n) is 7.86. The third-order valence-corrected chi connectivity index (χ3v) is 5.65. The summed E-state index contributed by atoms with van der Waals surface area (Å²) in [6, 6.07) is 9.64. The fourth-order valence-corrected chi connectivity index (χ4v) is 3.59. The Bertz CT molecular complexity index is 412. The van der Waals surface area contributed by atoms with Crippen molar-refractivity contribution < 1.29 is 0 Å². The summed E-state index contributed by atoms with van der Waals surface area (Å²) in [4.78, 5) is 2.72. The predicted octanol–water partition coefficient (Wildman–Crippen LogP) is 4.03. The van der Waals surface area contributed by atoms with Crippen molar-refractivity contribution in [2.75, 3.05) is 13.1 Å². The molecule has 0 radical (unpaired) electrons. The van der Waals surface area contributed by atoms with Gasteiger partial charge in [-0.15, -0.1) is 0 Å². The van der Waals surface area contributed by atoms with Crippen LogP contribution in [0, 0.1) is 3.57 Å². The van der Waals surface area contributed by atoms with Crippen molar-refractivity contribution in [3.63, 3.8) is 0 Å². The molecule has 1 aromatic rings. The van der Waals surface area contributed by atoms with Gasteiger partial charge >= 0.3 is 0 Å². The van der Waals surface area contributed by atoms with Crippen LogP contribution in [0.2, 0.25) is 0 Å². The van der Waals surface area contributed by atoms with Crippen molar-refractivity contribution in [2.45, 2.75) is 58.2 Å².